The molecule has 1 aromatic rings. The molecule has 2 saturated heterocycles. The van der Waals surface area contributed by atoms with Gasteiger partial charge >= 0.3 is 0 Å². The van der Waals surface area contributed by atoms with Gasteiger partial charge in [0, 0.05) is 24.6 Å². The number of likely N-dealkylation sites (tertiary alicyclic amines) is 1. The molecule has 2 aliphatic heterocycles. The monoisotopic (exact) mass is 430 g/mol. The van der Waals surface area contributed by atoms with Crippen molar-refractivity contribution in [3.05, 3.63) is 29.8 Å². The van der Waals surface area contributed by atoms with Crippen molar-refractivity contribution in [2.45, 2.75) is 38.6 Å². The SMILES string of the molecule is Cl.Cl.NC(=O)C1CCN(Cc2cccc(NC(=O)CCC3CCNC3)c2)CC1. The standard InChI is InChI=1S/C20H30N4O2.2ClH/c21-20(26)17-7-10-24(11-8-17)14-16-2-1-3-18(12-16)23-19(25)5-4-15-6-9-22-13-15;;/h1-3,12,15,17,22H,4-11,13-14H2,(H2,21,26)(H,23,25);2*1H. The van der Waals surface area contributed by atoms with Gasteiger partial charge in [0.25, 0.3) is 0 Å². The van der Waals surface area contributed by atoms with E-state index in [1.807, 2.05) is 12.1 Å². The van der Waals surface area contributed by atoms with Crippen LogP contribution in [0.25, 0.3) is 0 Å². The minimum absolute atomic E-state index is 0. The van der Waals surface area contributed by atoms with Gasteiger partial charge < -0.3 is 16.4 Å². The van der Waals surface area contributed by atoms with Crippen molar-refractivity contribution in [2.75, 3.05) is 31.5 Å². The largest absolute Gasteiger partial charge is 0.369 e. The first kappa shape index (κ1) is 24.7. The molecule has 2 heterocycles. The Morgan fingerprint density at radius 2 is 1.93 bits per heavy atom. The molecular weight excluding hydrogens is 399 g/mol. The summed E-state index contributed by atoms with van der Waals surface area (Å²) in [7, 11) is 0. The van der Waals surface area contributed by atoms with Crippen LogP contribution in [0.3, 0.4) is 0 Å². The van der Waals surface area contributed by atoms with E-state index in [2.05, 4.69) is 27.7 Å². The fourth-order valence-electron chi connectivity index (χ4n) is 3.90. The number of halogens is 2. The summed E-state index contributed by atoms with van der Waals surface area (Å²) in [5.74, 6) is 0.571. The number of nitrogens with zero attached hydrogens (tertiary/aromatic N) is 1. The first-order valence-corrected chi connectivity index (χ1v) is 9.71. The molecule has 158 valence electrons. The van der Waals surface area contributed by atoms with Gasteiger partial charge in [0.1, 0.15) is 0 Å². The van der Waals surface area contributed by atoms with Crippen LogP contribution >= 0.6 is 24.8 Å². The molecule has 1 aromatic carbocycles. The third-order valence-corrected chi connectivity index (χ3v) is 5.55. The number of hydrogen-bond donors (Lipinski definition) is 3. The molecular formula is C20H32Cl2N4O2. The second-order valence-corrected chi connectivity index (χ2v) is 7.60. The molecule has 0 saturated carbocycles. The second kappa shape index (κ2) is 12.3. The predicted octanol–water partition coefficient (Wildman–Crippen LogP) is 2.56. The van der Waals surface area contributed by atoms with E-state index in [1.165, 1.54) is 12.0 Å². The second-order valence-electron chi connectivity index (χ2n) is 7.60. The zero-order chi connectivity index (χ0) is 18.4. The Labute approximate surface area is 179 Å². The van der Waals surface area contributed by atoms with E-state index < -0.39 is 0 Å². The van der Waals surface area contributed by atoms with Gasteiger partial charge in [-0.3, -0.25) is 14.5 Å². The third kappa shape index (κ3) is 7.59. The van der Waals surface area contributed by atoms with E-state index >= 15 is 0 Å². The van der Waals surface area contributed by atoms with Crippen LogP contribution in [0.1, 0.15) is 37.7 Å². The molecule has 0 bridgehead atoms. The highest BCUT2D eigenvalue weighted by Gasteiger charge is 2.23. The first-order chi connectivity index (χ1) is 12.6. The lowest BCUT2D eigenvalue weighted by molar-refractivity contribution is -0.123. The number of benzene rings is 1. The number of carbonyl (C=O) groups is 2. The van der Waals surface area contributed by atoms with E-state index in [1.54, 1.807) is 0 Å². The van der Waals surface area contributed by atoms with Crippen LogP contribution in [-0.4, -0.2) is 42.9 Å². The molecule has 0 aromatic heterocycles. The van der Waals surface area contributed by atoms with E-state index in [0.717, 1.165) is 57.7 Å². The van der Waals surface area contributed by atoms with Crippen LogP contribution in [0.2, 0.25) is 0 Å². The lowest BCUT2D eigenvalue weighted by Crippen LogP contribution is -2.38. The molecule has 28 heavy (non-hydrogen) atoms. The van der Waals surface area contributed by atoms with Gasteiger partial charge in [0.15, 0.2) is 0 Å². The molecule has 1 unspecified atom stereocenters. The van der Waals surface area contributed by atoms with Gasteiger partial charge in [-0.25, -0.2) is 0 Å². The maximum absolute atomic E-state index is 12.2. The van der Waals surface area contributed by atoms with E-state index in [0.29, 0.717) is 12.3 Å². The molecule has 1 atom stereocenters. The maximum Gasteiger partial charge on any atom is 0.224 e. The molecule has 2 aliphatic rings. The smallest absolute Gasteiger partial charge is 0.224 e. The fraction of sp³-hybridized carbons (Fsp3) is 0.600. The predicted molar refractivity (Wildman–Crippen MR) is 117 cm³/mol. The highest BCUT2D eigenvalue weighted by molar-refractivity contribution is 5.90. The number of primary amides is 1. The summed E-state index contributed by atoms with van der Waals surface area (Å²) in [4.78, 5) is 25.8. The Hall–Kier alpha value is -1.34. The average molecular weight is 431 g/mol. The van der Waals surface area contributed by atoms with Crippen LogP contribution in [0.15, 0.2) is 24.3 Å². The van der Waals surface area contributed by atoms with Crippen molar-refractivity contribution >= 4 is 42.3 Å². The lowest BCUT2D eigenvalue weighted by Gasteiger charge is -2.30. The van der Waals surface area contributed by atoms with Crippen molar-refractivity contribution in [2.24, 2.45) is 17.6 Å². The summed E-state index contributed by atoms with van der Waals surface area (Å²) in [5.41, 5.74) is 7.44. The minimum atomic E-state index is -0.178. The van der Waals surface area contributed by atoms with Gasteiger partial charge in [-0.05, 0) is 75.5 Å². The molecule has 2 amide bonds. The first-order valence-electron chi connectivity index (χ1n) is 9.71. The number of anilines is 1. The molecule has 8 heteroatoms. The third-order valence-electron chi connectivity index (χ3n) is 5.55. The Morgan fingerprint density at radius 3 is 2.57 bits per heavy atom. The van der Waals surface area contributed by atoms with Gasteiger partial charge in [0.2, 0.25) is 11.8 Å². The lowest BCUT2D eigenvalue weighted by atomic mass is 9.96. The highest BCUT2D eigenvalue weighted by atomic mass is 35.5. The fourth-order valence-corrected chi connectivity index (χ4v) is 3.90. The minimum Gasteiger partial charge on any atom is -0.369 e. The molecule has 3 rings (SSSR count). The molecule has 4 N–H and O–H groups in total. The van der Waals surface area contributed by atoms with Crippen molar-refractivity contribution in [1.82, 2.24) is 10.2 Å². The Bertz CT molecular complexity index is 630. The van der Waals surface area contributed by atoms with Crippen molar-refractivity contribution in [3.8, 4) is 0 Å². The number of rotatable bonds is 7. The summed E-state index contributed by atoms with van der Waals surface area (Å²) in [5, 5.41) is 6.37. The van der Waals surface area contributed by atoms with Gasteiger partial charge in [-0.1, -0.05) is 12.1 Å². The Balaban J connectivity index is 0.00000196. The maximum atomic E-state index is 12.2. The van der Waals surface area contributed by atoms with Crippen LogP contribution in [-0.2, 0) is 16.1 Å². The summed E-state index contributed by atoms with van der Waals surface area (Å²) in [6.45, 7) is 4.72. The molecule has 0 spiro atoms. The average Bonchev–Trinajstić information content (AvgIpc) is 3.14. The normalized spacial score (nSPS) is 20.1. The van der Waals surface area contributed by atoms with E-state index in [-0.39, 0.29) is 42.5 Å². The zero-order valence-corrected chi connectivity index (χ0v) is 17.8. The van der Waals surface area contributed by atoms with Crippen LogP contribution < -0.4 is 16.4 Å². The van der Waals surface area contributed by atoms with Gasteiger partial charge in [-0.2, -0.15) is 0 Å². The number of hydrogen-bond acceptors (Lipinski definition) is 4. The van der Waals surface area contributed by atoms with Gasteiger partial charge in [0.05, 0.1) is 0 Å². The van der Waals surface area contributed by atoms with Crippen LogP contribution in [0.4, 0.5) is 5.69 Å². The molecule has 0 aliphatic carbocycles. The van der Waals surface area contributed by atoms with E-state index in [4.69, 9.17) is 5.73 Å². The number of nitrogens with one attached hydrogen (secondary N) is 2. The Morgan fingerprint density at radius 1 is 1.18 bits per heavy atom. The molecule has 2 fully saturated rings. The summed E-state index contributed by atoms with van der Waals surface area (Å²) in [6.07, 6.45) is 4.38. The molecule has 0 radical (unpaired) electrons. The number of carbonyl (C=O) groups excluding carboxylic acids is 2. The van der Waals surface area contributed by atoms with Gasteiger partial charge in [-0.15, -0.1) is 24.8 Å². The summed E-state index contributed by atoms with van der Waals surface area (Å²) >= 11 is 0. The summed E-state index contributed by atoms with van der Waals surface area (Å²) < 4.78 is 0. The van der Waals surface area contributed by atoms with E-state index in [9.17, 15) is 9.59 Å². The number of amides is 2. The summed E-state index contributed by atoms with van der Waals surface area (Å²) in [6, 6.07) is 8.06. The van der Waals surface area contributed by atoms with Crippen molar-refractivity contribution < 1.29 is 9.59 Å². The number of nitrogens with two attached hydrogens (primary N) is 1. The molecule has 6 nitrogen and oxygen atoms in total. The number of piperidine rings is 1. The Kier molecular flexibility index (Phi) is 10.8. The topological polar surface area (TPSA) is 87.5 Å². The van der Waals surface area contributed by atoms with Crippen LogP contribution in [0.5, 0.6) is 0 Å². The van der Waals surface area contributed by atoms with Crippen molar-refractivity contribution in [3.63, 3.8) is 0 Å². The van der Waals surface area contributed by atoms with Crippen molar-refractivity contribution in [1.29, 1.82) is 0 Å². The highest BCUT2D eigenvalue weighted by Crippen LogP contribution is 2.20. The quantitative estimate of drug-likeness (QED) is 0.619. The zero-order valence-electron chi connectivity index (χ0n) is 16.2. The van der Waals surface area contributed by atoms with Crippen LogP contribution in [0, 0.1) is 11.8 Å².